The highest BCUT2D eigenvalue weighted by atomic mass is 79.9. The molecular weight excluding hydrogens is 259 g/mol. The highest BCUT2D eigenvalue weighted by Gasteiger charge is 1.88. The fraction of sp³-hybridized carbons (Fsp3) is 0.333. The number of alkyl halides is 2. The molecule has 0 saturated carbocycles. The van der Waals surface area contributed by atoms with Gasteiger partial charge in [0, 0.05) is 11.2 Å². The van der Waals surface area contributed by atoms with Crippen LogP contribution in [0.5, 0.6) is 0 Å². The average Bonchev–Trinajstić information content (AvgIpc) is 2.15. The first kappa shape index (κ1) is 13.7. The molecule has 0 aromatic heterocycles. The molecule has 0 radical (unpaired) electrons. The van der Waals surface area contributed by atoms with Crippen molar-refractivity contribution >= 4 is 27.5 Å². The summed E-state index contributed by atoms with van der Waals surface area (Å²) in [5.41, 5.74) is 3.42. The van der Waals surface area contributed by atoms with Crippen molar-refractivity contribution in [3.8, 4) is 0 Å². The number of rotatable bonds is 5. The van der Waals surface area contributed by atoms with E-state index in [0.717, 1.165) is 16.5 Å². The van der Waals surface area contributed by atoms with Gasteiger partial charge in [0.15, 0.2) is 0 Å². The van der Waals surface area contributed by atoms with Crippen LogP contribution in [0.25, 0.3) is 0 Å². The van der Waals surface area contributed by atoms with Gasteiger partial charge in [-0.05, 0) is 25.0 Å². The van der Waals surface area contributed by atoms with E-state index in [9.17, 15) is 0 Å². The lowest BCUT2D eigenvalue weighted by Gasteiger charge is -1.95. The molecule has 0 aliphatic carbocycles. The Morgan fingerprint density at radius 2 is 2.07 bits per heavy atom. The smallest absolute Gasteiger partial charge is 0.0474 e. The van der Waals surface area contributed by atoms with Crippen molar-refractivity contribution < 1.29 is 0 Å². The molecule has 0 fully saturated rings. The molecule has 2 heteroatoms. The highest BCUT2D eigenvalue weighted by molar-refractivity contribution is 9.09. The van der Waals surface area contributed by atoms with Gasteiger partial charge in [-0.2, -0.15) is 0 Å². The summed E-state index contributed by atoms with van der Waals surface area (Å²) in [7, 11) is 0. The molecule has 0 aliphatic rings. The van der Waals surface area contributed by atoms with Crippen LogP contribution in [0.4, 0.5) is 0 Å². The second kappa shape index (κ2) is 8.07. The Hall–Kier alpha value is -0.270. The molecule has 0 N–H and O–H groups in total. The van der Waals surface area contributed by atoms with Crippen LogP contribution in [-0.2, 0) is 0 Å². The zero-order valence-corrected chi connectivity index (χ0v) is 11.0. The van der Waals surface area contributed by atoms with Crippen molar-refractivity contribution in [2.45, 2.75) is 13.8 Å². The zero-order valence-electron chi connectivity index (χ0n) is 8.69. The minimum atomic E-state index is 0.538. The summed E-state index contributed by atoms with van der Waals surface area (Å²) in [5.74, 6) is 0.538. The summed E-state index contributed by atoms with van der Waals surface area (Å²) in [5, 5.41) is 0.802. The standard InChI is InChI=1S/C12H16BrCl/c1-10(2)7-12(9-14)6-4-5-11(3)8-13/h4-7H,3,8-9H2,1-2H3. The van der Waals surface area contributed by atoms with E-state index in [2.05, 4.69) is 42.4 Å². The van der Waals surface area contributed by atoms with Gasteiger partial charge < -0.3 is 0 Å². The van der Waals surface area contributed by atoms with Crippen LogP contribution in [0.3, 0.4) is 0 Å². The lowest BCUT2D eigenvalue weighted by molar-refractivity contribution is 1.35. The third kappa shape index (κ3) is 7.16. The molecule has 0 aromatic rings. The van der Waals surface area contributed by atoms with Gasteiger partial charge >= 0.3 is 0 Å². The summed E-state index contributed by atoms with van der Waals surface area (Å²) < 4.78 is 0. The largest absolute Gasteiger partial charge is 0.122 e. The van der Waals surface area contributed by atoms with Gasteiger partial charge in [0.25, 0.3) is 0 Å². The van der Waals surface area contributed by atoms with Gasteiger partial charge in [-0.25, -0.2) is 0 Å². The van der Waals surface area contributed by atoms with E-state index in [1.165, 1.54) is 5.57 Å². The van der Waals surface area contributed by atoms with Crippen LogP contribution in [-0.4, -0.2) is 11.2 Å². The van der Waals surface area contributed by atoms with E-state index in [0.29, 0.717) is 5.88 Å². The van der Waals surface area contributed by atoms with Crippen LogP contribution in [0.1, 0.15) is 13.8 Å². The van der Waals surface area contributed by atoms with E-state index in [4.69, 9.17) is 11.6 Å². The van der Waals surface area contributed by atoms with Crippen molar-refractivity contribution in [1.82, 2.24) is 0 Å². The maximum absolute atomic E-state index is 5.78. The van der Waals surface area contributed by atoms with Crippen molar-refractivity contribution in [2.24, 2.45) is 0 Å². The molecule has 0 atom stereocenters. The second-order valence-corrected chi connectivity index (χ2v) is 4.08. The molecule has 0 spiro atoms. The van der Waals surface area contributed by atoms with Gasteiger partial charge in [-0.15, -0.1) is 11.6 Å². The van der Waals surface area contributed by atoms with Crippen LogP contribution in [0, 0.1) is 0 Å². The van der Waals surface area contributed by atoms with Gasteiger partial charge in [-0.3, -0.25) is 0 Å². The van der Waals surface area contributed by atoms with Crippen molar-refractivity contribution in [1.29, 1.82) is 0 Å². The van der Waals surface area contributed by atoms with Crippen LogP contribution >= 0.6 is 27.5 Å². The first-order chi connectivity index (χ1) is 6.60. The first-order valence-corrected chi connectivity index (χ1v) is 6.07. The maximum atomic E-state index is 5.78. The van der Waals surface area contributed by atoms with Crippen LogP contribution in [0.2, 0.25) is 0 Å². The Morgan fingerprint density at radius 1 is 1.43 bits per heavy atom. The zero-order chi connectivity index (χ0) is 11.0. The first-order valence-electron chi connectivity index (χ1n) is 4.42. The fourth-order valence-electron chi connectivity index (χ4n) is 0.854. The van der Waals surface area contributed by atoms with E-state index in [1.807, 2.05) is 18.2 Å². The molecular formula is C12H16BrCl. The Morgan fingerprint density at radius 3 is 2.50 bits per heavy atom. The molecule has 0 rings (SSSR count). The van der Waals surface area contributed by atoms with Crippen LogP contribution in [0.15, 0.2) is 47.6 Å². The van der Waals surface area contributed by atoms with Crippen molar-refractivity contribution in [2.75, 3.05) is 11.2 Å². The Bertz CT molecular complexity index is 268. The summed E-state index contributed by atoms with van der Waals surface area (Å²) in [6.45, 7) is 7.96. The third-order valence-electron chi connectivity index (χ3n) is 1.44. The molecule has 0 unspecified atom stereocenters. The molecule has 0 heterocycles. The van der Waals surface area contributed by atoms with Crippen molar-refractivity contribution in [3.63, 3.8) is 0 Å². The quantitative estimate of drug-likeness (QED) is 0.507. The molecule has 0 amide bonds. The number of hydrogen-bond donors (Lipinski definition) is 0. The van der Waals surface area contributed by atoms with Gasteiger partial charge in [-0.1, -0.05) is 52.4 Å². The monoisotopic (exact) mass is 274 g/mol. The topological polar surface area (TPSA) is 0 Å². The number of allylic oxidation sites excluding steroid dienone is 7. The molecule has 78 valence electrons. The predicted octanol–water partition coefficient (Wildman–Crippen LogP) is 4.63. The Labute approximate surface area is 100 Å². The summed E-state index contributed by atoms with van der Waals surface area (Å²) in [6, 6.07) is 0. The molecule has 0 aromatic carbocycles. The van der Waals surface area contributed by atoms with Crippen molar-refractivity contribution in [3.05, 3.63) is 47.6 Å². The van der Waals surface area contributed by atoms with Gasteiger partial charge in [0.1, 0.15) is 0 Å². The lowest BCUT2D eigenvalue weighted by atomic mass is 10.2. The van der Waals surface area contributed by atoms with E-state index in [-0.39, 0.29) is 0 Å². The molecule has 0 saturated heterocycles. The number of hydrogen-bond acceptors (Lipinski definition) is 0. The molecule has 14 heavy (non-hydrogen) atoms. The van der Waals surface area contributed by atoms with E-state index in [1.54, 1.807) is 0 Å². The summed E-state index contributed by atoms with van der Waals surface area (Å²) >= 11 is 9.11. The normalized spacial score (nSPS) is 11.9. The molecule has 0 aliphatic heterocycles. The third-order valence-corrected chi connectivity index (χ3v) is 2.47. The van der Waals surface area contributed by atoms with E-state index < -0.39 is 0 Å². The van der Waals surface area contributed by atoms with Gasteiger partial charge in [0.2, 0.25) is 0 Å². The van der Waals surface area contributed by atoms with Crippen LogP contribution < -0.4 is 0 Å². The second-order valence-electron chi connectivity index (χ2n) is 3.25. The lowest BCUT2D eigenvalue weighted by Crippen LogP contribution is -1.80. The molecule has 0 nitrogen and oxygen atoms in total. The minimum absolute atomic E-state index is 0.538. The fourth-order valence-corrected chi connectivity index (χ4v) is 1.21. The number of halogens is 2. The maximum Gasteiger partial charge on any atom is 0.0474 e. The van der Waals surface area contributed by atoms with Gasteiger partial charge in [0.05, 0.1) is 0 Å². The highest BCUT2D eigenvalue weighted by Crippen LogP contribution is 2.05. The Balaban J connectivity index is 4.40. The SMILES string of the molecule is C=C(C=CC=C(C=C(C)C)CCl)CBr. The minimum Gasteiger partial charge on any atom is -0.122 e. The Kier molecular flexibility index (Phi) is 7.92. The summed E-state index contributed by atoms with van der Waals surface area (Å²) in [6.07, 6.45) is 8.03. The summed E-state index contributed by atoms with van der Waals surface area (Å²) in [4.78, 5) is 0. The van der Waals surface area contributed by atoms with E-state index >= 15 is 0 Å². The average molecular weight is 276 g/mol. The molecule has 0 bridgehead atoms. The predicted molar refractivity (Wildman–Crippen MR) is 70.3 cm³/mol.